The Kier molecular flexibility index (Phi) is 5.16. The largest absolute Gasteiger partial charge is 0.454 e. The minimum absolute atomic E-state index is 0.0946. The summed E-state index contributed by atoms with van der Waals surface area (Å²) in [6.45, 7) is 1.52. The summed E-state index contributed by atoms with van der Waals surface area (Å²) in [6, 6.07) is 8.48. The Labute approximate surface area is 154 Å². The van der Waals surface area contributed by atoms with Gasteiger partial charge in [-0.25, -0.2) is 0 Å². The van der Waals surface area contributed by atoms with Crippen molar-refractivity contribution in [3.8, 4) is 11.5 Å². The Bertz CT molecular complexity index is 851. The minimum atomic E-state index is -0.239. The molecule has 1 heterocycles. The van der Waals surface area contributed by atoms with Crippen LogP contribution in [0, 0.1) is 0 Å². The topological polar surface area (TPSA) is 64.6 Å². The van der Waals surface area contributed by atoms with Crippen molar-refractivity contribution in [3.05, 3.63) is 51.5 Å². The van der Waals surface area contributed by atoms with Crippen LogP contribution in [0.4, 0.5) is 5.69 Å². The number of anilines is 1. The summed E-state index contributed by atoms with van der Waals surface area (Å²) < 4.78 is 10.6. The lowest BCUT2D eigenvalue weighted by atomic mass is 10.1. The number of ketones is 1. The van der Waals surface area contributed by atoms with Crippen LogP contribution in [0.25, 0.3) is 0 Å². The molecule has 5 nitrogen and oxygen atoms in total. The fourth-order valence-electron chi connectivity index (χ4n) is 2.54. The van der Waals surface area contributed by atoms with Crippen LogP contribution in [0.3, 0.4) is 0 Å². The third-order valence-corrected chi connectivity index (χ3v) is 4.68. The van der Waals surface area contributed by atoms with Gasteiger partial charge in [0, 0.05) is 18.1 Å². The molecule has 0 aliphatic carbocycles. The normalized spacial score (nSPS) is 12.1. The molecule has 2 aromatic rings. The number of aryl methyl sites for hydroxylation is 1. The average Bonchev–Trinajstić information content (AvgIpc) is 3.02. The van der Waals surface area contributed by atoms with Crippen LogP contribution in [-0.2, 0) is 11.2 Å². The monoisotopic (exact) mass is 379 g/mol. The van der Waals surface area contributed by atoms with E-state index in [2.05, 4.69) is 5.32 Å². The van der Waals surface area contributed by atoms with Gasteiger partial charge in [-0.3, -0.25) is 9.59 Å². The van der Waals surface area contributed by atoms with E-state index in [4.69, 9.17) is 32.7 Å². The molecule has 0 spiro atoms. The fourth-order valence-corrected chi connectivity index (χ4v) is 2.95. The molecule has 0 unspecified atom stereocenters. The number of carbonyl (C=O) groups is 2. The van der Waals surface area contributed by atoms with Crippen molar-refractivity contribution in [1.29, 1.82) is 0 Å². The van der Waals surface area contributed by atoms with Gasteiger partial charge in [-0.2, -0.15) is 0 Å². The molecule has 1 amide bonds. The van der Waals surface area contributed by atoms with Crippen LogP contribution in [-0.4, -0.2) is 18.5 Å². The molecule has 0 fully saturated rings. The summed E-state index contributed by atoms with van der Waals surface area (Å²) in [5.41, 5.74) is 1.57. The molecular weight excluding hydrogens is 365 g/mol. The van der Waals surface area contributed by atoms with Crippen molar-refractivity contribution in [1.82, 2.24) is 0 Å². The highest BCUT2D eigenvalue weighted by atomic mass is 35.5. The number of nitrogens with one attached hydrogen (secondary N) is 1. The lowest BCUT2D eigenvalue weighted by Gasteiger charge is -2.11. The number of benzene rings is 2. The zero-order valence-electron chi connectivity index (χ0n) is 13.4. The van der Waals surface area contributed by atoms with Crippen LogP contribution in [0.1, 0.15) is 29.3 Å². The zero-order valence-corrected chi connectivity index (χ0v) is 14.9. The first-order valence-corrected chi connectivity index (χ1v) is 8.38. The van der Waals surface area contributed by atoms with Crippen LogP contribution in [0.5, 0.6) is 11.5 Å². The molecule has 130 valence electrons. The summed E-state index contributed by atoms with van der Waals surface area (Å²) in [5, 5.41) is 3.66. The summed E-state index contributed by atoms with van der Waals surface area (Å²) in [5.74, 6) is 0.580. The molecule has 1 aliphatic heterocycles. The van der Waals surface area contributed by atoms with Gasteiger partial charge in [0.1, 0.15) is 0 Å². The molecule has 2 aromatic carbocycles. The highest BCUT2D eigenvalue weighted by molar-refractivity contribution is 6.42. The molecule has 1 aliphatic rings. The molecule has 0 aromatic heterocycles. The lowest BCUT2D eigenvalue weighted by molar-refractivity contribution is -0.116. The van der Waals surface area contributed by atoms with Crippen LogP contribution in [0.2, 0.25) is 10.0 Å². The van der Waals surface area contributed by atoms with E-state index in [-0.39, 0.29) is 24.9 Å². The number of amides is 1. The second-order valence-electron chi connectivity index (χ2n) is 5.57. The lowest BCUT2D eigenvalue weighted by Crippen LogP contribution is -2.15. The van der Waals surface area contributed by atoms with Crippen LogP contribution in [0.15, 0.2) is 30.3 Å². The van der Waals surface area contributed by atoms with Crippen molar-refractivity contribution in [3.63, 3.8) is 0 Å². The maximum atomic E-state index is 12.3. The average molecular weight is 380 g/mol. The highest BCUT2D eigenvalue weighted by Gasteiger charge is 2.20. The number of rotatable bonds is 5. The number of ether oxygens (including phenoxy) is 2. The maximum Gasteiger partial charge on any atom is 0.231 e. The van der Waals surface area contributed by atoms with E-state index in [1.165, 1.54) is 6.92 Å². The predicted molar refractivity (Wildman–Crippen MR) is 96.0 cm³/mol. The van der Waals surface area contributed by atoms with Gasteiger partial charge in [-0.1, -0.05) is 35.3 Å². The summed E-state index contributed by atoms with van der Waals surface area (Å²) >= 11 is 12.1. The van der Waals surface area contributed by atoms with Crippen LogP contribution < -0.4 is 14.8 Å². The third kappa shape index (κ3) is 3.89. The van der Waals surface area contributed by atoms with Gasteiger partial charge in [0.2, 0.25) is 12.7 Å². The number of halogens is 2. The summed E-state index contributed by atoms with van der Waals surface area (Å²) in [7, 11) is 0. The highest BCUT2D eigenvalue weighted by Crippen LogP contribution is 2.37. The number of Topliss-reactive ketones (excluding diaryl/α,β-unsaturated/α-hetero) is 1. The Morgan fingerprint density at radius 2 is 1.88 bits per heavy atom. The third-order valence-electron chi connectivity index (χ3n) is 3.82. The summed E-state index contributed by atoms with van der Waals surface area (Å²) in [6.07, 6.45) is 0.636. The molecular formula is C18H15Cl2NO4. The molecule has 0 saturated carbocycles. The molecule has 25 heavy (non-hydrogen) atoms. The molecule has 0 radical (unpaired) electrons. The number of hydrogen-bond donors (Lipinski definition) is 1. The Hall–Kier alpha value is -2.24. The second kappa shape index (κ2) is 7.33. The Morgan fingerprint density at radius 3 is 2.60 bits per heavy atom. The first-order chi connectivity index (χ1) is 12.0. The van der Waals surface area contributed by atoms with E-state index in [1.807, 2.05) is 6.07 Å². The van der Waals surface area contributed by atoms with Gasteiger partial charge in [0.05, 0.1) is 15.7 Å². The van der Waals surface area contributed by atoms with Crippen molar-refractivity contribution in [2.45, 2.75) is 19.8 Å². The Morgan fingerprint density at radius 1 is 1.16 bits per heavy atom. The van der Waals surface area contributed by atoms with Crippen LogP contribution >= 0.6 is 23.2 Å². The molecule has 3 rings (SSSR count). The standard InChI is InChI=1S/C18H15Cl2NO4/c1-10(22)12-7-15-16(25-9-24-15)8-14(12)21-17(23)6-5-11-3-2-4-13(19)18(11)20/h2-4,7-8H,5-6,9H2,1H3,(H,21,23). The van der Waals surface area contributed by atoms with Crippen molar-refractivity contribution < 1.29 is 19.1 Å². The van der Waals surface area contributed by atoms with E-state index in [9.17, 15) is 9.59 Å². The van der Waals surface area contributed by atoms with Gasteiger partial charge in [-0.05, 0) is 31.0 Å². The zero-order chi connectivity index (χ0) is 18.0. The van der Waals surface area contributed by atoms with Gasteiger partial charge in [-0.15, -0.1) is 0 Å². The van der Waals surface area contributed by atoms with Crippen molar-refractivity contribution in [2.75, 3.05) is 12.1 Å². The van der Waals surface area contributed by atoms with Gasteiger partial charge in [0.25, 0.3) is 0 Å². The van der Waals surface area contributed by atoms with E-state index in [0.717, 1.165) is 5.56 Å². The fraction of sp³-hybridized carbons (Fsp3) is 0.222. The quantitative estimate of drug-likeness (QED) is 0.776. The first-order valence-electron chi connectivity index (χ1n) is 7.63. The van der Waals surface area contributed by atoms with Gasteiger partial charge in [0.15, 0.2) is 17.3 Å². The van der Waals surface area contributed by atoms with E-state index < -0.39 is 0 Å². The molecule has 7 heteroatoms. The van der Waals surface area contributed by atoms with Gasteiger partial charge < -0.3 is 14.8 Å². The Balaban J connectivity index is 1.73. The SMILES string of the molecule is CC(=O)c1cc2c(cc1NC(=O)CCc1cccc(Cl)c1Cl)OCO2. The molecule has 0 saturated heterocycles. The van der Waals surface area contributed by atoms with E-state index >= 15 is 0 Å². The molecule has 0 atom stereocenters. The molecule has 0 bridgehead atoms. The number of hydrogen-bond acceptors (Lipinski definition) is 4. The molecule has 1 N–H and O–H groups in total. The predicted octanol–water partition coefficient (Wildman–Crippen LogP) is 4.50. The first kappa shape index (κ1) is 17.6. The number of carbonyl (C=O) groups excluding carboxylic acids is 2. The van der Waals surface area contributed by atoms with E-state index in [0.29, 0.717) is 39.2 Å². The minimum Gasteiger partial charge on any atom is -0.454 e. The van der Waals surface area contributed by atoms with Crippen molar-refractivity contribution >= 4 is 40.6 Å². The number of fused-ring (bicyclic) bond motifs is 1. The van der Waals surface area contributed by atoms with Gasteiger partial charge >= 0.3 is 0 Å². The summed E-state index contributed by atoms with van der Waals surface area (Å²) in [4.78, 5) is 24.1. The maximum absolute atomic E-state index is 12.3. The van der Waals surface area contributed by atoms with E-state index in [1.54, 1.807) is 24.3 Å². The van der Waals surface area contributed by atoms with Crippen molar-refractivity contribution in [2.24, 2.45) is 0 Å². The second-order valence-corrected chi connectivity index (χ2v) is 6.35. The smallest absolute Gasteiger partial charge is 0.231 e.